The molecule has 0 spiro atoms. The molecular weight excluding hydrogens is 370 g/mol. The molecule has 3 aromatic rings. The Morgan fingerprint density at radius 2 is 2.00 bits per heavy atom. The van der Waals surface area contributed by atoms with Crippen LogP contribution in [-0.4, -0.2) is 42.3 Å². The van der Waals surface area contributed by atoms with Gasteiger partial charge in [-0.1, -0.05) is 0 Å². The van der Waals surface area contributed by atoms with Gasteiger partial charge < -0.3 is 10.6 Å². The van der Waals surface area contributed by atoms with Crippen molar-refractivity contribution in [2.45, 2.75) is 51.7 Å². The van der Waals surface area contributed by atoms with E-state index in [0.29, 0.717) is 37.3 Å². The lowest BCUT2D eigenvalue weighted by atomic mass is 9.94. The minimum absolute atomic E-state index is 0.146. The predicted molar refractivity (Wildman–Crippen MR) is 108 cm³/mol. The average molecular weight is 395 g/mol. The van der Waals surface area contributed by atoms with Gasteiger partial charge in [0.25, 0.3) is 5.91 Å². The summed E-state index contributed by atoms with van der Waals surface area (Å²) in [6, 6.07) is 0.146. The van der Waals surface area contributed by atoms with E-state index in [-0.39, 0.29) is 11.9 Å². The molecule has 0 atom stereocenters. The Balaban J connectivity index is 1.62. The monoisotopic (exact) mass is 395 g/mol. The third-order valence-electron chi connectivity index (χ3n) is 5.31. The van der Waals surface area contributed by atoms with Crippen molar-refractivity contribution in [1.29, 1.82) is 0 Å². The fourth-order valence-corrected chi connectivity index (χ4v) is 3.71. The Bertz CT molecular complexity index is 1040. The number of carbonyl (C=O) groups excluding carboxylic acids is 2. The number of rotatable bonds is 6. The Morgan fingerprint density at radius 3 is 2.69 bits per heavy atom. The van der Waals surface area contributed by atoms with Crippen LogP contribution in [0.5, 0.6) is 0 Å². The molecule has 29 heavy (non-hydrogen) atoms. The molecule has 0 unspecified atom stereocenters. The van der Waals surface area contributed by atoms with Crippen LogP contribution in [0.25, 0.3) is 11.0 Å². The summed E-state index contributed by atoms with van der Waals surface area (Å²) in [5.41, 5.74) is 2.88. The summed E-state index contributed by atoms with van der Waals surface area (Å²) in [6.45, 7) is 3.08. The van der Waals surface area contributed by atoms with Gasteiger partial charge >= 0.3 is 0 Å². The second kappa shape index (κ2) is 8.02. The Morgan fingerprint density at radius 1 is 1.21 bits per heavy atom. The Labute approximate surface area is 168 Å². The largest absolute Gasteiger partial charge is 0.381 e. The van der Waals surface area contributed by atoms with E-state index in [1.54, 1.807) is 23.3 Å². The average Bonchev–Trinajstić information content (AvgIpc) is 3.34. The topological polar surface area (TPSA) is 107 Å². The molecule has 0 aliphatic heterocycles. The summed E-state index contributed by atoms with van der Waals surface area (Å²) in [4.78, 5) is 29.0. The van der Waals surface area contributed by atoms with Crippen LogP contribution >= 0.6 is 0 Å². The number of fused-ring (bicyclic) bond motifs is 1. The SMILES string of the molecule is CCn1ncc2c(NC3CCC(=O)CC3)c(C(=O)NCc3cnn(C)c3)cnc21. The number of nitrogens with one attached hydrogen (secondary N) is 2. The Hall–Kier alpha value is -3.23. The van der Waals surface area contributed by atoms with Gasteiger partial charge in [-0.15, -0.1) is 0 Å². The number of nitrogens with zero attached hydrogens (tertiary/aromatic N) is 5. The fraction of sp³-hybridized carbons (Fsp3) is 0.450. The van der Waals surface area contributed by atoms with Crippen molar-refractivity contribution in [3.8, 4) is 0 Å². The first-order chi connectivity index (χ1) is 14.0. The molecule has 0 aromatic carbocycles. The minimum atomic E-state index is -0.207. The molecule has 152 valence electrons. The van der Waals surface area contributed by atoms with E-state index in [4.69, 9.17) is 0 Å². The van der Waals surface area contributed by atoms with Gasteiger partial charge in [0.1, 0.15) is 5.78 Å². The molecule has 1 aliphatic rings. The van der Waals surface area contributed by atoms with Gasteiger partial charge in [-0.3, -0.25) is 14.3 Å². The van der Waals surface area contributed by atoms with Crippen molar-refractivity contribution in [2.24, 2.45) is 7.05 Å². The van der Waals surface area contributed by atoms with Crippen molar-refractivity contribution in [3.05, 3.63) is 35.9 Å². The predicted octanol–water partition coefficient (Wildman–Crippen LogP) is 2.04. The summed E-state index contributed by atoms with van der Waals surface area (Å²) in [6.07, 6.45) is 9.62. The second-order valence-corrected chi connectivity index (χ2v) is 7.41. The summed E-state index contributed by atoms with van der Waals surface area (Å²) >= 11 is 0. The van der Waals surface area contributed by atoms with E-state index in [0.717, 1.165) is 35.1 Å². The summed E-state index contributed by atoms with van der Waals surface area (Å²) in [5.74, 6) is 0.0954. The highest BCUT2D eigenvalue weighted by Gasteiger charge is 2.23. The molecule has 3 aromatic heterocycles. The number of hydrogen-bond acceptors (Lipinski definition) is 6. The standard InChI is InChI=1S/C20H25N7O2/c1-3-27-19-16(11-24-27)18(25-14-4-6-15(28)7-5-14)17(10-21-19)20(29)22-8-13-9-23-26(2)12-13/h9-12,14H,3-8H2,1-2H3,(H,21,25)(H,22,29). The number of Topliss-reactive ketones (excluding diaryl/α,β-unsaturated/α-hetero) is 1. The van der Waals surface area contributed by atoms with E-state index in [9.17, 15) is 9.59 Å². The van der Waals surface area contributed by atoms with Crippen LogP contribution in [0.4, 0.5) is 5.69 Å². The van der Waals surface area contributed by atoms with Gasteiger partial charge in [-0.25, -0.2) is 9.67 Å². The van der Waals surface area contributed by atoms with Crippen molar-refractivity contribution in [1.82, 2.24) is 29.9 Å². The second-order valence-electron chi connectivity index (χ2n) is 7.41. The first kappa shape index (κ1) is 19.1. The summed E-state index contributed by atoms with van der Waals surface area (Å²) < 4.78 is 3.51. The highest BCUT2D eigenvalue weighted by atomic mass is 16.1. The van der Waals surface area contributed by atoms with Crippen LogP contribution < -0.4 is 10.6 Å². The molecule has 1 aliphatic carbocycles. The van der Waals surface area contributed by atoms with Gasteiger partial charge in [0.2, 0.25) is 0 Å². The minimum Gasteiger partial charge on any atom is -0.381 e. The zero-order chi connectivity index (χ0) is 20.4. The molecule has 4 rings (SSSR count). The number of aryl methyl sites for hydroxylation is 2. The van der Waals surface area contributed by atoms with Gasteiger partial charge in [0, 0.05) is 57.0 Å². The molecule has 9 heteroatoms. The number of ketones is 1. The third-order valence-corrected chi connectivity index (χ3v) is 5.31. The number of aromatic nitrogens is 5. The lowest BCUT2D eigenvalue weighted by Crippen LogP contribution is -2.29. The lowest BCUT2D eigenvalue weighted by Gasteiger charge is -2.24. The van der Waals surface area contributed by atoms with Crippen LogP contribution in [0, 0.1) is 0 Å². The number of carbonyl (C=O) groups is 2. The van der Waals surface area contributed by atoms with Crippen molar-refractivity contribution in [3.63, 3.8) is 0 Å². The molecule has 3 heterocycles. The lowest BCUT2D eigenvalue weighted by molar-refractivity contribution is -0.120. The molecule has 1 fully saturated rings. The normalized spacial score (nSPS) is 15.0. The highest BCUT2D eigenvalue weighted by Crippen LogP contribution is 2.29. The number of anilines is 1. The number of amides is 1. The van der Waals surface area contributed by atoms with Crippen LogP contribution in [-0.2, 0) is 24.9 Å². The van der Waals surface area contributed by atoms with Crippen LogP contribution in [0.2, 0.25) is 0 Å². The van der Waals surface area contributed by atoms with Gasteiger partial charge in [-0.05, 0) is 19.8 Å². The van der Waals surface area contributed by atoms with E-state index in [2.05, 4.69) is 25.8 Å². The van der Waals surface area contributed by atoms with Gasteiger partial charge in [-0.2, -0.15) is 10.2 Å². The molecule has 1 amide bonds. The molecule has 0 radical (unpaired) electrons. The van der Waals surface area contributed by atoms with E-state index >= 15 is 0 Å². The van der Waals surface area contributed by atoms with E-state index in [1.807, 2.05) is 24.9 Å². The Kier molecular flexibility index (Phi) is 5.28. The first-order valence-electron chi connectivity index (χ1n) is 9.93. The maximum Gasteiger partial charge on any atom is 0.255 e. The molecule has 2 N–H and O–H groups in total. The maximum absolute atomic E-state index is 13.0. The fourth-order valence-electron chi connectivity index (χ4n) is 3.71. The summed E-state index contributed by atoms with van der Waals surface area (Å²) in [7, 11) is 1.84. The van der Waals surface area contributed by atoms with Gasteiger partial charge in [0.05, 0.1) is 29.0 Å². The highest BCUT2D eigenvalue weighted by molar-refractivity contribution is 6.06. The summed E-state index contributed by atoms with van der Waals surface area (Å²) in [5, 5.41) is 15.8. The van der Waals surface area contributed by atoms with Crippen LogP contribution in [0.1, 0.15) is 48.5 Å². The molecule has 1 saturated carbocycles. The zero-order valence-electron chi connectivity index (χ0n) is 16.7. The van der Waals surface area contributed by atoms with Crippen LogP contribution in [0.15, 0.2) is 24.8 Å². The molecule has 0 bridgehead atoms. The molecule has 0 saturated heterocycles. The van der Waals surface area contributed by atoms with Crippen molar-refractivity contribution < 1.29 is 9.59 Å². The van der Waals surface area contributed by atoms with Crippen LogP contribution in [0.3, 0.4) is 0 Å². The smallest absolute Gasteiger partial charge is 0.255 e. The third kappa shape index (κ3) is 3.98. The van der Waals surface area contributed by atoms with E-state index < -0.39 is 0 Å². The number of hydrogen-bond donors (Lipinski definition) is 2. The van der Waals surface area contributed by atoms with Crippen molar-refractivity contribution >= 4 is 28.4 Å². The molecule has 9 nitrogen and oxygen atoms in total. The van der Waals surface area contributed by atoms with E-state index in [1.165, 1.54) is 0 Å². The maximum atomic E-state index is 13.0. The number of pyridine rings is 1. The molecular formula is C20H25N7O2. The first-order valence-corrected chi connectivity index (χ1v) is 9.93. The van der Waals surface area contributed by atoms with Gasteiger partial charge in [0.15, 0.2) is 5.65 Å². The van der Waals surface area contributed by atoms with Crippen molar-refractivity contribution in [2.75, 3.05) is 5.32 Å². The zero-order valence-corrected chi connectivity index (χ0v) is 16.7. The quantitative estimate of drug-likeness (QED) is 0.661.